The maximum Gasteiger partial charge on any atom is 0.413 e. The number of nitrogens with zero attached hydrogens (tertiary/aromatic N) is 2. The van der Waals surface area contributed by atoms with Gasteiger partial charge in [0.25, 0.3) is 0 Å². The van der Waals surface area contributed by atoms with Crippen LogP contribution >= 0.6 is 34.8 Å². The van der Waals surface area contributed by atoms with Crippen LogP contribution < -0.4 is 4.84 Å². The molecule has 2 aromatic rings. The third kappa shape index (κ3) is 3.16. The molecule has 0 radical (unpaired) electrons. The van der Waals surface area contributed by atoms with E-state index in [0.717, 1.165) is 4.73 Å². The molecular weight excluding hydrogens is 332 g/mol. The lowest BCUT2D eigenvalue weighted by Crippen LogP contribution is -2.29. The molecule has 0 bridgehead atoms. The molecule has 0 N–H and O–H groups in total. The Bertz CT molecular complexity index is 653. The van der Waals surface area contributed by atoms with Crippen LogP contribution in [0.5, 0.6) is 0 Å². The Kier molecular flexibility index (Phi) is 4.14. The molecule has 0 unspecified atom stereocenters. The van der Waals surface area contributed by atoms with Gasteiger partial charge in [-0.15, -0.1) is 4.73 Å². The average Bonchev–Trinajstić information content (AvgIpc) is 2.55. The van der Waals surface area contributed by atoms with E-state index in [9.17, 15) is 8.78 Å². The molecule has 0 saturated carbocycles. The summed E-state index contributed by atoms with van der Waals surface area (Å²) in [6.07, 6.45) is -3.38. The van der Waals surface area contributed by atoms with Crippen LogP contribution in [0.4, 0.5) is 8.78 Å². The first-order valence-electron chi connectivity index (χ1n) is 5.46. The predicted molar refractivity (Wildman–Crippen MR) is 74.6 cm³/mol. The van der Waals surface area contributed by atoms with Gasteiger partial charge in [-0.3, -0.25) is 0 Å². The molecule has 0 spiro atoms. The molecule has 8 heteroatoms. The molecule has 108 valence electrons. The van der Waals surface area contributed by atoms with Crippen molar-refractivity contribution >= 4 is 34.8 Å². The quantitative estimate of drug-likeness (QED) is 0.797. The monoisotopic (exact) mass is 340 g/mol. The minimum absolute atomic E-state index is 0.0896. The number of halogens is 5. The highest BCUT2D eigenvalue weighted by Crippen LogP contribution is 2.34. The summed E-state index contributed by atoms with van der Waals surface area (Å²) < 4.78 is 26.6. The highest BCUT2D eigenvalue weighted by Gasteiger charge is 2.28. The molecule has 0 saturated heterocycles. The standard InChI is InChI=1S/C12H9Cl3F2N2O/c1-6-18-10(8-4-3-7(13)5-9(8)14)11(15)19(6)20-12(2,16)17/h3-5H,1-2H3. The van der Waals surface area contributed by atoms with Crippen LogP contribution in [0.25, 0.3) is 11.3 Å². The van der Waals surface area contributed by atoms with Gasteiger partial charge in [0.1, 0.15) is 11.5 Å². The zero-order chi connectivity index (χ0) is 15.1. The number of benzene rings is 1. The fourth-order valence-electron chi connectivity index (χ4n) is 1.61. The Morgan fingerprint density at radius 1 is 1.25 bits per heavy atom. The molecule has 1 heterocycles. The third-order valence-corrected chi connectivity index (χ3v) is 3.26. The molecule has 2 rings (SSSR count). The third-order valence-electron chi connectivity index (χ3n) is 2.38. The minimum Gasteiger partial charge on any atom is -0.339 e. The maximum atomic E-state index is 12.9. The number of aryl methyl sites for hydroxylation is 1. The number of alkyl halides is 2. The fraction of sp³-hybridized carbons (Fsp3) is 0.250. The molecule has 0 fully saturated rings. The van der Waals surface area contributed by atoms with Crippen molar-refractivity contribution in [1.29, 1.82) is 0 Å². The van der Waals surface area contributed by atoms with Gasteiger partial charge in [-0.1, -0.05) is 34.8 Å². The van der Waals surface area contributed by atoms with Crippen molar-refractivity contribution in [3.8, 4) is 11.3 Å². The smallest absolute Gasteiger partial charge is 0.339 e. The first kappa shape index (κ1) is 15.4. The predicted octanol–water partition coefficient (Wildman–Crippen LogP) is 4.86. The summed E-state index contributed by atoms with van der Waals surface area (Å²) in [6.45, 7) is 2.10. The molecule has 0 aliphatic carbocycles. The normalized spacial score (nSPS) is 11.8. The van der Waals surface area contributed by atoms with E-state index in [0.29, 0.717) is 22.5 Å². The Balaban J connectivity index is 2.51. The summed E-state index contributed by atoms with van der Waals surface area (Å²) in [6, 6.07) is 4.72. The van der Waals surface area contributed by atoms with E-state index in [2.05, 4.69) is 9.82 Å². The number of rotatable bonds is 3. The van der Waals surface area contributed by atoms with Crippen LogP contribution in [-0.2, 0) is 0 Å². The van der Waals surface area contributed by atoms with E-state index < -0.39 is 6.11 Å². The van der Waals surface area contributed by atoms with E-state index >= 15 is 0 Å². The summed E-state index contributed by atoms with van der Waals surface area (Å²) in [5.74, 6) is 0.178. The highest BCUT2D eigenvalue weighted by atomic mass is 35.5. The van der Waals surface area contributed by atoms with Crippen LogP contribution in [0.15, 0.2) is 18.2 Å². The lowest BCUT2D eigenvalue weighted by atomic mass is 10.2. The zero-order valence-electron chi connectivity index (χ0n) is 10.4. The molecule has 20 heavy (non-hydrogen) atoms. The Morgan fingerprint density at radius 2 is 1.90 bits per heavy atom. The van der Waals surface area contributed by atoms with Crippen molar-refractivity contribution in [3.05, 3.63) is 39.2 Å². The zero-order valence-corrected chi connectivity index (χ0v) is 12.7. The van der Waals surface area contributed by atoms with Gasteiger partial charge >= 0.3 is 6.11 Å². The van der Waals surface area contributed by atoms with Gasteiger partial charge in [-0.25, -0.2) is 4.98 Å². The maximum absolute atomic E-state index is 12.9. The van der Waals surface area contributed by atoms with Crippen LogP contribution in [0.2, 0.25) is 15.2 Å². The van der Waals surface area contributed by atoms with E-state index in [-0.39, 0.29) is 16.7 Å². The molecular formula is C12H9Cl3F2N2O. The van der Waals surface area contributed by atoms with Crippen molar-refractivity contribution in [1.82, 2.24) is 9.71 Å². The number of imidazole rings is 1. The van der Waals surface area contributed by atoms with E-state index in [1.807, 2.05) is 0 Å². The fourth-order valence-corrected chi connectivity index (χ4v) is 2.41. The van der Waals surface area contributed by atoms with Crippen LogP contribution in [0, 0.1) is 6.92 Å². The summed E-state index contributed by atoms with van der Waals surface area (Å²) in [5.41, 5.74) is 0.723. The van der Waals surface area contributed by atoms with E-state index in [1.54, 1.807) is 12.1 Å². The topological polar surface area (TPSA) is 27.1 Å². The summed E-state index contributed by atoms with van der Waals surface area (Å²) >= 11 is 17.9. The van der Waals surface area contributed by atoms with Crippen molar-refractivity contribution < 1.29 is 13.6 Å². The summed E-state index contributed by atoms with van der Waals surface area (Å²) in [5, 5.41) is 0.669. The van der Waals surface area contributed by atoms with E-state index in [1.165, 1.54) is 13.0 Å². The van der Waals surface area contributed by atoms with Gasteiger partial charge in [0.2, 0.25) is 0 Å². The van der Waals surface area contributed by atoms with Gasteiger partial charge in [0, 0.05) is 17.5 Å². The number of aromatic nitrogens is 2. The Hall–Kier alpha value is -1.04. The largest absolute Gasteiger partial charge is 0.413 e. The summed E-state index contributed by atoms with van der Waals surface area (Å²) in [7, 11) is 0. The van der Waals surface area contributed by atoms with Crippen molar-refractivity contribution in [2.45, 2.75) is 20.0 Å². The SMILES string of the molecule is Cc1nc(-c2ccc(Cl)cc2Cl)c(Cl)n1OC(C)(F)F. The van der Waals surface area contributed by atoms with Crippen LogP contribution in [-0.4, -0.2) is 15.8 Å². The van der Waals surface area contributed by atoms with Crippen LogP contribution in [0.3, 0.4) is 0 Å². The first-order chi connectivity index (χ1) is 9.19. The van der Waals surface area contributed by atoms with Gasteiger partial charge in [0.15, 0.2) is 5.15 Å². The number of hydrogen-bond acceptors (Lipinski definition) is 2. The lowest BCUT2D eigenvalue weighted by Gasteiger charge is -2.14. The van der Waals surface area contributed by atoms with Gasteiger partial charge in [0.05, 0.1) is 5.02 Å². The molecule has 0 aliphatic rings. The molecule has 3 nitrogen and oxygen atoms in total. The highest BCUT2D eigenvalue weighted by molar-refractivity contribution is 6.37. The second-order valence-corrected chi connectivity index (χ2v) is 5.32. The Morgan fingerprint density at radius 3 is 2.45 bits per heavy atom. The van der Waals surface area contributed by atoms with Gasteiger partial charge in [-0.2, -0.15) is 8.78 Å². The van der Waals surface area contributed by atoms with Crippen molar-refractivity contribution in [2.75, 3.05) is 0 Å². The molecule has 1 aromatic heterocycles. The van der Waals surface area contributed by atoms with Crippen molar-refractivity contribution in [2.24, 2.45) is 0 Å². The van der Waals surface area contributed by atoms with Gasteiger partial charge in [-0.05, 0) is 25.1 Å². The lowest BCUT2D eigenvalue weighted by molar-refractivity contribution is -0.225. The average molecular weight is 342 g/mol. The van der Waals surface area contributed by atoms with Gasteiger partial charge < -0.3 is 4.84 Å². The minimum atomic E-state index is -3.38. The number of hydrogen-bond donors (Lipinski definition) is 0. The van der Waals surface area contributed by atoms with Crippen LogP contribution in [0.1, 0.15) is 12.7 Å². The first-order valence-corrected chi connectivity index (χ1v) is 6.60. The molecule has 0 amide bonds. The molecule has 1 aromatic carbocycles. The van der Waals surface area contributed by atoms with Crippen molar-refractivity contribution in [3.63, 3.8) is 0 Å². The molecule has 0 atom stereocenters. The summed E-state index contributed by atoms with van der Waals surface area (Å²) in [4.78, 5) is 8.55. The Labute approximate surface area is 129 Å². The second kappa shape index (κ2) is 5.39. The molecule has 0 aliphatic heterocycles. The second-order valence-electron chi connectivity index (χ2n) is 4.12. The van der Waals surface area contributed by atoms with E-state index in [4.69, 9.17) is 34.8 Å².